The number of para-hydroxylation sites is 1. The number of aryl methyl sites for hydroxylation is 1. The second-order valence-electron chi connectivity index (χ2n) is 5.10. The Morgan fingerprint density at radius 2 is 1.90 bits per heavy atom. The number of hydrogen-bond acceptors (Lipinski definition) is 2. The summed E-state index contributed by atoms with van der Waals surface area (Å²) < 4.78 is 6.66. The summed E-state index contributed by atoms with van der Waals surface area (Å²) in [5, 5.41) is 3.58. The standard InChI is InChI=1S/C18H22BrNO/c1-4-20-16(15-10-7-8-13(2)18(15)19)12-14-9-5-6-11-17(14)21-3/h5-11,16,20H,4,12H2,1-3H3. The van der Waals surface area contributed by atoms with E-state index in [-0.39, 0.29) is 6.04 Å². The third kappa shape index (κ3) is 3.86. The van der Waals surface area contributed by atoms with Gasteiger partial charge in [0.25, 0.3) is 0 Å². The maximum Gasteiger partial charge on any atom is 0.122 e. The van der Waals surface area contributed by atoms with Gasteiger partial charge < -0.3 is 10.1 Å². The van der Waals surface area contributed by atoms with Crippen LogP contribution in [0.4, 0.5) is 0 Å². The SMILES string of the molecule is CCNC(Cc1ccccc1OC)c1cccc(C)c1Br. The zero-order chi connectivity index (χ0) is 15.2. The summed E-state index contributed by atoms with van der Waals surface area (Å²) in [5.41, 5.74) is 3.78. The number of likely N-dealkylation sites (N-methyl/N-ethyl adjacent to an activating group) is 1. The molecule has 1 unspecified atom stereocenters. The van der Waals surface area contributed by atoms with Gasteiger partial charge in [-0.15, -0.1) is 0 Å². The predicted octanol–water partition coefficient (Wildman–Crippen LogP) is 4.66. The van der Waals surface area contributed by atoms with E-state index >= 15 is 0 Å². The summed E-state index contributed by atoms with van der Waals surface area (Å²) in [7, 11) is 1.73. The van der Waals surface area contributed by atoms with Crippen molar-refractivity contribution in [2.24, 2.45) is 0 Å². The van der Waals surface area contributed by atoms with Crippen LogP contribution in [0.2, 0.25) is 0 Å². The van der Waals surface area contributed by atoms with Gasteiger partial charge in [0.15, 0.2) is 0 Å². The van der Waals surface area contributed by atoms with Gasteiger partial charge >= 0.3 is 0 Å². The lowest BCUT2D eigenvalue weighted by atomic mass is 9.97. The fraction of sp³-hybridized carbons (Fsp3) is 0.333. The molecule has 112 valence electrons. The first-order chi connectivity index (χ1) is 10.2. The molecule has 0 saturated heterocycles. The molecule has 0 aromatic heterocycles. The lowest BCUT2D eigenvalue weighted by molar-refractivity contribution is 0.405. The first kappa shape index (κ1) is 16.1. The van der Waals surface area contributed by atoms with Gasteiger partial charge in [-0.2, -0.15) is 0 Å². The molecule has 2 aromatic rings. The highest BCUT2D eigenvalue weighted by atomic mass is 79.9. The maximum atomic E-state index is 5.47. The Kier molecular flexibility index (Phi) is 5.83. The molecule has 2 aromatic carbocycles. The van der Waals surface area contributed by atoms with Gasteiger partial charge in [0.2, 0.25) is 0 Å². The topological polar surface area (TPSA) is 21.3 Å². The molecule has 1 atom stereocenters. The number of ether oxygens (including phenoxy) is 1. The number of halogens is 1. The molecule has 2 rings (SSSR count). The zero-order valence-electron chi connectivity index (χ0n) is 12.8. The van der Waals surface area contributed by atoms with Crippen LogP contribution in [0.25, 0.3) is 0 Å². The largest absolute Gasteiger partial charge is 0.496 e. The molecule has 0 fully saturated rings. The number of methoxy groups -OCH3 is 1. The molecular weight excluding hydrogens is 326 g/mol. The molecule has 0 bridgehead atoms. The van der Waals surface area contributed by atoms with E-state index in [0.29, 0.717) is 0 Å². The molecular formula is C18H22BrNO. The van der Waals surface area contributed by atoms with E-state index in [1.807, 2.05) is 12.1 Å². The van der Waals surface area contributed by atoms with Crippen molar-refractivity contribution in [2.75, 3.05) is 13.7 Å². The van der Waals surface area contributed by atoms with Crippen molar-refractivity contribution in [3.63, 3.8) is 0 Å². The van der Waals surface area contributed by atoms with Crippen molar-refractivity contribution in [1.82, 2.24) is 5.32 Å². The molecule has 0 aliphatic rings. The van der Waals surface area contributed by atoms with Gasteiger partial charge in [-0.05, 0) is 42.6 Å². The highest BCUT2D eigenvalue weighted by Crippen LogP contribution is 2.31. The molecule has 0 aliphatic heterocycles. The second kappa shape index (κ2) is 7.62. The van der Waals surface area contributed by atoms with E-state index in [1.54, 1.807) is 7.11 Å². The van der Waals surface area contributed by atoms with Gasteiger partial charge in [-0.1, -0.05) is 59.3 Å². The third-order valence-corrected chi connectivity index (χ3v) is 4.75. The Bertz CT molecular complexity index is 598. The Morgan fingerprint density at radius 3 is 2.62 bits per heavy atom. The number of hydrogen-bond donors (Lipinski definition) is 1. The summed E-state index contributed by atoms with van der Waals surface area (Å²) in [6.07, 6.45) is 0.903. The summed E-state index contributed by atoms with van der Waals surface area (Å²) in [6, 6.07) is 14.9. The summed E-state index contributed by atoms with van der Waals surface area (Å²) >= 11 is 3.73. The van der Waals surface area contributed by atoms with E-state index in [0.717, 1.165) is 18.7 Å². The summed E-state index contributed by atoms with van der Waals surface area (Å²) in [6.45, 7) is 5.19. The minimum Gasteiger partial charge on any atom is -0.496 e. The first-order valence-corrected chi connectivity index (χ1v) is 8.07. The average molecular weight is 348 g/mol. The molecule has 2 nitrogen and oxygen atoms in total. The molecule has 0 heterocycles. The van der Waals surface area contributed by atoms with Crippen LogP contribution < -0.4 is 10.1 Å². The Morgan fingerprint density at radius 1 is 1.14 bits per heavy atom. The molecule has 0 spiro atoms. The average Bonchev–Trinajstić information content (AvgIpc) is 2.50. The van der Waals surface area contributed by atoms with Crippen LogP contribution in [0.1, 0.15) is 29.7 Å². The summed E-state index contributed by atoms with van der Waals surface area (Å²) in [4.78, 5) is 0. The molecule has 0 amide bonds. The van der Waals surface area contributed by atoms with Crippen molar-refractivity contribution in [3.05, 3.63) is 63.6 Å². The van der Waals surface area contributed by atoms with Crippen LogP contribution in [0.5, 0.6) is 5.75 Å². The van der Waals surface area contributed by atoms with Crippen molar-refractivity contribution in [1.29, 1.82) is 0 Å². The van der Waals surface area contributed by atoms with Crippen LogP contribution in [0, 0.1) is 6.92 Å². The van der Waals surface area contributed by atoms with E-state index in [4.69, 9.17) is 4.74 Å². The van der Waals surface area contributed by atoms with E-state index in [1.165, 1.54) is 21.2 Å². The number of nitrogens with one attached hydrogen (secondary N) is 1. The van der Waals surface area contributed by atoms with Crippen LogP contribution in [-0.2, 0) is 6.42 Å². The van der Waals surface area contributed by atoms with Crippen LogP contribution in [-0.4, -0.2) is 13.7 Å². The van der Waals surface area contributed by atoms with Crippen LogP contribution in [0.15, 0.2) is 46.9 Å². The van der Waals surface area contributed by atoms with Crippen molar-refractivity contribution in [2.45, 2.75) is 26.3 Å². The van der Waals surface area contributed by atoms with Gasteiger partial charge in [-0.25, -0.2) is 0 Å². The molecule has 0 saturated carbocycles. The molecule has 21 heavy (non-hydrogen) atoms. The predicted molar refractivity (Wildman–Crippen MR) is 92.0 cm³/mol. The molecule has 0 radical (unpaired) electrons. The van der Waals surface area contributed by atoms with E-state index < -0.39 is 0 Å². The number of benzene rings is 2. The lowest BCUT2D eigenvalue weighted by Crippen LogP contribution is -2.23. The highest BCUT2D eigenvalue weighted by Gasteiger charge is 2.17. The Balaban J connectivity index is 2.33. The lowest BCUT2D eigenvalue weighted by Gasteiger charge is -2.22. The van der Waals surface area contributed by atoms with Gasteiger partial charge in [0, 0.05) is 10.5 Å². The van der Waals surface area contributed by atoms with Gasteiger partial charge in [0.1, 0.15) is 5.75 Å². The maximum absolute atomic E-state index is 5.47. The Labute approximate surface area is 135 Å². The quantitative estimate of drug-likeness (QED) is 0.820. The summed E-state index contributed by atoms with van der Waals surface area (Å²) in [5.74, 6) is 0.948. The molecule has 3 heteroatoms. The van der Waals surface area contributed by atoms with Crippen molar-refractivity contribution in [3.8, 4) is 5.75 Å². The minimum atomic E-state index is 0.264. The van der Waals surface area contributed by atoms with E-state index in [9.17, 15) is 0 Å². The molecule has 0 aliphatic carbocycles. The zero-order valence-corrected chi connectivity index (χ0v) is 14.4. The van der Waals surface area contributed by atoms with Crippen LogP contribution in [0.3, 0.4) is 0 Å². The highest BCUT2D eigenvalue weighted by molar-refractivity contribution is 9.10. The van der Waals surface area contributed by atoms with Crippen molar-refractivity contribution >= 4 is 15.9 Å². The Hall–Kier alpha value is -1.32. The smallest absolute Gasteiger partial charge is 0.122 e. The normalized spacial score (nSPS) is 12.2. The second-order valence-corrected chi connectivity index (χ2v) is 5.90. The first-order valence-electron chi connectivity index (χ1n) is 7.27. The monoisotopic (exact) mass is 347 g/mol. The van der Waals surface area contributed by atoms with Crippen molar-refractivity contribution < 1.29 is 4.74 Å². The number of rotatable bonds is 6. The minimum absolute atomic E-state index is 0.264. The fourth-order valence-electron chi connectivity index (χ4n) is 2.57. The van der Waals surface area contributed by atoms with E-state index in [2.05, 4.69) is 65.4 Å². The third-order valence-electron chi connectivity index (χ3n) is 3.66. The van der Waals surface area contributed by atoms with Gasteiger partial charge in [0.05, 0.1) is 7.11 Å². The van der Waals surface area contributed by atoms with Crippen LogP contribution >= 0.6 is 15.9 Å². The molecule has 1 N–H and O–H groups in total. The van der Waals surface area contributed by atoms with Gasteiger partial charge in [-0.3, -0.25) is 0 Å². The fourth-order valence-corrected chi connectivity index (χ4v) is 3.11.